The fourth-order valence-electron chi connectivity index (χ4n) is 8.11. The second-order valence-corrected chi connectivity index (χ2v) is 15.6. The van der Waals surface area contributed by atoms with E-state index in [1.807, 2.05) is 170 Å². The van der Waals surface area contributed by atoms with Crippen molar-refractivity contribution in [2.24, 2.45) is 0 Å². The standard InChI is InChI=1S/C52H50N6O4/c59-49(47-21-11-33-57(47)51(61)43-17-7-9-19-45(43)53-35-39-13-3-1-4-14-39)55-41-29-25-37(26-30-41)23-24-38-27-31-42(32-28-38)56-50(60)48-22-12-34-58(48)52(62)44-18-8-10-20-46(44)54-36-40-15-5-2-6-16-40/h1-10,13-20,23-32,47-48,53-54H,11-12,21-22,33-36H2,(H,55,59)(H,56,60)/t47-,48-/m0/s1. The molecule has 62 heavy (non-hydrogen) atoms. The van der Waals surface area contributed by atoms with Crippen LogP contribution in [0.1, 0.15) is 68.7 Å². The summed E-state index contributed by atoms with van der Waals surface area (Å²) >= 11 is 0. The van der Waals surface area contributed by atoms with E-state index in [1.54, 1.807) is 9.80 Å². The third-order valence-corrected chi connectivity index (χ3v) is 11.4. The van der Waals surface area contributed by atoms with Gasteiger partial charge in [-0.15, -0.1) is 0 Å². The molecular formula is C52H50N6O4. The summed E-state index contributed by atoms with van der Waals surface area (Å²) < 4.78 is 0. The minimum Gasteiger partial charge on any atom is -0.380 e. The van der Waals surface area contributed by atoms with E-state index in [9.17, 15) is 19.2 Å². The predicted molar refractivity (Wildman–Crippen MR) is 248 cm³/mol. The molecule has 2 fully saturated rings. The molecule has 0 unspecified atom stereocenters. The van der Waals surface area contributed by atoms with Gasteiger partial charge in [-0.1, -0.05) is 121 Å². The first-order chi connectivity index (χ1) is 30.4. The zero-order chi connectivity index (χ0) is 42.7. The van der Waals surface area contributed by atoms with Crippen molar-refractivity contribution in [1.82, 2.24) is 9.80 Å². The molecule has 0 saturated carbocycles. The van der Waals surface area contributed by atoms with Gasteiger partial charge in [-0.2, -0.15) is 0 Å². The molecule has 312 valence electrons. The molecule has 6 aromatic rings. The minimum absolute atomic E-state index is 0.160. The van der Waals surface area contributed by atoms with Crippen molar-refractivity contribution in [1.29, 1.82) is 0 Å². The Hall–Kier alpha value is -7.46. The van der Waals surface area contributed by atoms with E-state index in [-0.39, 0.29) is 23.6 Å². The SMILES string of the molecule is O=C(Nc1ccc(C=Cc2ccc(NC(=O)[C@@H]3CCCN3C(=O)c3ccccc3NCc3ccccc3)cc2)cc1)[C@@H]1CCCN1C(=O)c1ccccc1NCc1ccccc1. The smallest absolute Gasteiger partial charge is 0.256 e. The van der Waals surface area contributed by atoms with Crippen LogP contribution < -0.4 is 21.3 Å². The lowest BCUT2D eigenvalue weighted by atomic mass is 10.1. The Morgan fingerprint density at radius 3 is 1.24 bits per heavy atom. The number of hydrogen-bond donors (Lipinski definition) is 4. The molecule has 10 heteroatoms. The first-order valence-electron chi connectivity index (χ1n) is 21.3. The summed E-state index contributed by atoms with van der Waals surface area (Å²) in [5, 5.41) is 12.8. The zero-order valence-corrected chi connectivity index (χ0v) is 34.5. The molecule has 2 aliphatic heterocycles. The molecule has 2 heterocycles. The van der Waals surface area contributed by atoms with Crippen molar-refractivity contribution < 1.29 is 19.2 Å². The zero-order valence-electron chi connectivity index (χ0n) is 34.5. The highest BCUT2D eigenvalue weighted by Crippen LogP contribution is 2.28. The third kappa shape index (κ3) is 10.1. The number of nitrogens with zero attached hydrogens (tertiary/aromatic N) is 2. The maximum absolute atomic E-state index is 13.8. The summed E-state index contributed by atoms with van der Waals surface area (Å²) in [4.78, 5) is 58.0. The fraction of sp³-hybridized carbons (Fsp3) is 0.192. The van der Waals surface area contributed by atoms with Gasteiger partial charge in [0.05, 0.1) is 11.1 Å². The van der Waals surface area contributed by atoms with E-state index < -0.39 is 12.1 Å². The third-order valence-electron chi connectivity index (χ3n) is 11.4. The van der Waals surface area contributed by atoms with Gasteiger partial charge in [0.2, 0.25) is 11.8 Å². The normalized spacial score (nSPS) is 15.9. The summed E-state index contributed by atoms with van der Waals surface area (Å²) in [7, 11) is 0. The highest BCUT2D eigenvalue weighted by atomic mass is 16.2. The van der Waals surface area contributed by atoms with Crippen LogP contribution in [-0.4, -0.2) is 58.6 Å². The fourth-order valence-corrected chi connectivity index (χ4v) is 8.11. The van der Waals surface area contributed by atoms with Gasteiger partial charge >= 0.3 is 0 Å². The number of para-hydroxylation sites is 2. The van der Waals surface area contributed by atoms with Crippen molar-refractivity contribution in [2.75, 3.05) is 34.4 Å². The summed E-state index contributed by atoms with van der Waals surface area (Å²) in [5.41, 5.74) is 8.01. The molecule has 0 bridgehead atoms. The Morgan fingerprint density at radius 2 is 0.839 bits per heavy atom. The average Bonchev–Trinajstić information content (AvgIpc) is 4.03. The average molecular weight is 823 g/mol. The number of likely N-dealkylation sites (tertiary alicyclic amines) is 2. The second kappa shape index (κ2) is 19.7. The molecule has 2 atom stereocenters. The number of anilines is 4. The number of carbonyl (C=O) groups is 4. The second-order valence-electron chi connectivity index (χ2n) is 15.6. The number of rotatable bonds is 14. The molecule has 0 aliphatic carbocycles. The van der Waals surface area contributed by atoms with Gasteiger partial charge in [0, 0.05) is 48.9 Å². The number of hydrogen-bond acceptors (Lipinski definition) is 6. The Bertz CT molecular complexity index is 2350. The van der Waals surface area contributed by atoms with Gasteiger partial charge < -0.3 is 31.1 Å². The predicted octanol–water partition coefficient (Wildman–Crippen LogP) is 9.57. The molecular weight excluding hydrogens is 773 g/mol. The molecule has 6 aromatic carbocycles. The van der Waals surface area contributed by atoms with E-state index in [1.165, 1.54) is 0 Å². The van der Waals surface area contributed by atoms with Crippen LogP contribution in [0.25, 0.3) is 12.2 Å². The van der Waals surface area contributed by atoms with Crippen molar-refractivity contribution >= 4 is 58.5 Å². The number of benzene rings is 6. The van der Waals surface area contributed by atoms with Crippen LogP contribution in [0.4, 0.5) is 22.7 Å². The van der Waals surface area contributed by atoms with Crippen LogP contribution in [0.2, 0.25) is 0 Å². The molecule has 10 nitrogen and oxygen atoms in total. The van der Waals surface area contributed by atoms with Crippen LogP contribution in [0.5, 0.6) is 0 Å². The minimum atomic E-state index is -0.563. The van der Waals surface area contributed by atoms with E-state index >= 15 is 0 Å². The van der Waals surface area contributed by atoms with Crippen LogP contribution in [0.3, 0.4) is 0 Å². The van der Waals surface area contributed by atoms with Crippen LogP contribution >= 0.6 is 0 Å². The number of carbonyl (C=O) groups excluding carboxylic acids is 4. The summed E-state index contributed by atoms with van der Waals surface area (Å²) in [6, 6.07) is 49.0. The molecule has 2 saturated heterocycles. The van der Waals surface area contributed by atoms with Crippen molar-refractivity contribution in [3.63, 3.8) is 0 Å². The van der Waals surface area contributed by atoms with Crippen LogP contribution in [0.15, 0.2) is 158 Å². The van der Waals surface area contributed by atoms with Gasteiger partial charge in [-0.05, 0) is 96.5 Å². The maximum atomic E-state index is 13.8. The molecule has 0 radical (unpaired) electrons. The van der Waals surface area contributed by atoms with Gasteiger partial charge in [0.1, 0.15) is 12.1 Å². The van der Waals surface area contributed by atoms with Crippen molar-refractivity contribution in [3.05, 3.63) is 191 Å². The Morgan fingerprint density at radius 1 is 0.468 bits per heavy atom. The molecule has 8 rings (SSSR count). The summed E-state index contributed by atoms with van der Waals surface area (Å²) in [5.74, 6) is -0.726. The Balaban J connectivity index is 0.829. The number of nitrogens with one attached hydrogen (secondary N) is 4. The monoisotopic (exact) mass is 822 g/mol. The lowest BCUT2D eigenvalue weighted by Crippen LogP contribution is -2.43. The molecule has 0 aromatic heterocycles. The largest absolute Gasteiger partial charge is 0.380 e. The van der Waals surface area contributed by atoms with E-state index in [0.29, 0.717) is 61.5 Å². The first kappa shape index (κ1) is 41.3. The first-order valence-corrected chi connectivity index (χ1v) is 21.3. The van der Waals surface area contributed by atoms with Gasteiger partial charge in [0.25, 0.3) is 11.8 Å². The van der Waals surface area contributed by atoms with Crippen LogP contribution in [0, 0.1) is 0 Å². The molecule has 4 N–H and O–H groups in total. The lowest BCUT2D eigenvalue weighted by molar-refractivity contribution is -0.120. The van der Waals surface area contributed by atoms with E-state index in [0.717, 1.165) is 46.5 Å². The molecule has 4 amide bonds. The van der Waals surface area contributed by atoms with E-state index in [2.05, 4.69) is 21.3 Å². The highest BCUT2D eigenvalue weighted by Gasteiger charge is 2.36. The van der Waals surface area contributed by atoms with Crippen molar-refractivity contribution in [2.45, 2.75) is 50.9 Å². The van der Waals surface area contributed by atoms with Crippen LogP contribution in [-0.2, 0) is 22.7 Å². The highest BCUT2D eigenvalue weighted by molar-refractivity contribution is 6.05. The quantitative estimate of drug-likeness (QED) is 0.0813. The van der Waals surface area contributed by atoms with Gasteiger partial charge in [-0.3, -0.25) is 19.2 Å². The molecule has 0 spiro atoms. The lowest BCUT2D eigenvalue weighted by Gasteiger charge is -2.25. The van der Waals surface area contributed by atoms with E-state index in [4.69, 9.17) is 0 Å². The Kier molecular flexibility index (Phi) is 13.1. The number of amides is 4. The van der Waals surface area contributed by atoms with Gasteiger partial charge in [0.15, 0.2) is 0 Å². The Labute approximate surface area is 362 Å². The molecule has 2 aliphatic rings. The van der Waals surface area contributed by atoms with Gasteiger partial charge in [-0.25, -0.2) is 0 Å². The van der Waals surface area contributed by atoms with Crippen molar-refractivity contribution in [3.8, 4) is 0 Å². The topological polar surface area (TPSA) is 123 Å². The summed E-state index contributed by atoms with van der Waals surface area (Å²) in [6.07, 6.45) is 6.67. The summed E-state index contributed by atoms with van der Waals surface area (Å²) in [6.45, 7) is 2.21. The maximum Gasteiger partial charge on any atom is 0.256 e.